The van der Waals surface area contributed by atoms with Gasteiger partial charge in [0.15, 0.2) is 0 Å². The van der Waals surface area contributed by atoms with Gasteiger partial charge in [0.2, 0.25) is 0 Å². The highest BCUT2D eigenvalue weighted by atomic mass is 15.1. The first-order chi connectivity index (χ1) is 31.1. The third-order valence-corrected chi connectivity index (χ3v) is 10.7. The maximum atomic E-state index is 9.84. The summed E-state index contributed by atoms with van der Waals surface area (Å²) in [6.45, 7) is 0. The van der Waals surface area contributed by atoms with Crippen LogP contribution in [0.2, 0.25) is 0 Å². The van der Waals surface area contributed by atoms with Crippen LogP contribution in [0, 0.1) is 0 Å². The van der Waals surface area contributed by atoms with Gasteiger partial charge in [0.25, 0.3) is 0 Å². The van der Waals surface area contributed by atoms with Crippen LogP contribution in [-0.4, -0.2) is 0 Å². The standard InChI is InChI=1S/C55H39N/c1-6-18-40(19-7-1)43-30-34-48(35-31-43)56(49-36-32-44(33-37-49)41-20-8-2-9-21-41)53-39-45(42-22-10-3-11-23-42)38-52-54(53)50-28-16-17-29-51(50)55(52,46-24-12-4-13-25-46)47-26-14-5-15-27-47/h1-39H/i30D,31D,32D,33D,34D,35D,36D,37D. The summed E-state index contributed by atoms with van der Waals surface area (Å²) < 4.78 is 77.4. The molecule has 0 bridgehead atoms. The predicted octanol–water partition coefficient (Wildman–Crippen LogP) is 14.5. The Morgan fingerprint density at radius 1 is 0.339 bits per heavy atom. The smallest absolute Gasteiger partial charge is 0.0714 e. The van der Waals surface area contributed by atoms with E-state index < -0.39 is 29.6 Å². The number of anilines is 3. The molecular weight excluding hydrogens is 675 g/mol. The minimum absolute atomic E-state index is 0.110. The molecule has 0 atom stereocenters. The van der Waals surface area contributed by atoms with Crippen LogP contribution in [0.1, 0.15) is 33.2 Å². The summed E-state index contributed by atoms with van der Waals surface area (Å²) in [5.41, 5.74) is 7.22. The first kappa shape index (κ1) is 25.7. The molecule has 1 aliphatic rings. The normalized spacial score (nSPS) is 14.4. The SMILES string of the molecule is [2H]c1c([2H])c(N(c2cc(-c3ccccc3)cc3c2-c2ccccc2C3(c2ccccc2)c2ccccc2)c2c([2H])c([2H])c(-c3ccccc3)c([2H])c2[2H])c([2H])c([2H])c1-c1ccccc1. The predicted molar refractivity (Wildman–Crippen MR) is 235 cm³/mol. The third kappa shape index (κ3) is 5.65. The third-order valence-electron chi connectivity index (χ3n) is 10.7. The second-order valence-corrected chi connectivity index (χ2v) is 13.8. The van der Waals surface area contributed by atoms with E-state index in [0.717, 1.165) is 38.9 Å². The average Bonchev–Trinajstić information content (AvgIpc) is 3.65. The Bertz CT molecular complexity index is 3030. The summed E-state index contributed by atoms with van der Waals surface area (Å²) in [4.78, 5) is 1.47. The van der Waals surface area contributed by atoms with Crippen molar-refractivity contribution in [2.45, 2.75) is 5.41 Å². The molecule has 1 nitrogen and oxygen atoms in total. The number of hydrogen-bond donors (Lipinski definition) is 0. The number of rotatable bonds is 8. The van der Waals surface area contributed by atoms with E-state index in [1.807, 2.05) is 103 Å². The summed E-state index contributed by atoms with van der Waals surface area (Å²) in [5, 5.41) is 0. The molecule has 56 heavy (non-hydrogen) atoms. The van der Waals surface area contributed by atoms with Gasteiger partial charge in [0.1, 0.15) is 0 Å². The molecular formula is C55H39N. The fourth-order valence-electron chi connectivity index (χ4n) is 8.20. The molecule has 264 valence electrons. The van der Waals surface area contributed by atoms with E-state index >= 15 is 0 Å². The molecule has 0 N–H and O–H groups in total. The lowest BCUT2D eigenvalue weighted by atomic mass is 9.67. The minimum Gasteiger partial charge on any atom is -0.310 e. The molecule has 0 aliphatic heterocycles. The van der Waals surface area contributed by atoms with Crippen molar-refractivity contribution in [3.05, 3.63) is 259 Å². The highest BCUT2D eigenvalue weighted by Crippen LogP contribution is 2.60. The van der Waals surface area contributed by atoms with Crippen LogP contribution in [-0.2, 0) is 5.41 Å². The summed E-state index contributed by atoms with van der Waals surface area (Å²) in [6, 6.07) is 57.5. The zero-order valence-corrected chi connectivity index (χ0v) is 30.3. The Morgan fingerprint density at radius 3 is 1.20 bits per heavy atom. The number of hydrogen-bond acceptors (Lipinski definition) is 1. The first-order valence-electron chi connectivity index (χ1n) is 22.7. The molecule has 9 aromatic carbocycles. The first-order valence-corrected chi connectivity index (χ1v) is 18.7. The van der Waals surface area contributed by atoms with Crippen LogP contribution in [0.4, 0.5) is 17.1 Å². The van der Waals surface area contributed by atoms with Crippen LogP contribution < -0.4 is 4.90 Å². The largest absolute Gasteiger partial charge is 0.310 e. The van der Waals surface area contributed by atoms with Crippen LogP contribution in [0.5, 0.6) is 0 Å². The highest BCUT2D eigenvalue weighted by Gasteiger charge is 2.47. The second-order valence-electron chi connectivity index (χ2n) is 13.8. The van der Waals surface area contributed by atoms with Crippen LogP contribution >= 0.6 is 0 Å². The van der Waals surface area contributed by atoms with Crippen molar-refractivity contribution >= 4 is 17.1 Å². The lowest BCUT2D eigenvalue weighted by Crippen LogP contribution is -2.28. The van der Waals surface area contributed by atoms with Gasteiger partial charge in [-0.25, -0.2) is 0 Å². The van der Waals surface area contributed by atoms with Crippen LogP contribution in [0.25, 0.3) is 44.5 Å². The molecule has 0 heterocycles. The van der Waals surface area contributed by atoms with E-state index in [4.69, 9.17) is 0 Å². The van der Waals surface area contributed by atoms with Crippen molar-refractivity contribution < 1.29 is 11.0 Å². The maximum Gasteiger partial charge on any atom is 0.0714 e. The van der Waals surface area contributed by atoms with Gasteiger partial charge in [0, 0.05) is 16.9 Å². The zero-order valence-electron chi connectivity index (χ0n) is 38.3. The van der Waals surface area contributed by atoms with Crippen molar-refractivity contribution in [2.75, 3.05) is 4.90 Å². The van der Waals surface area contributed by atoms with Gasteiger partial charge in [-0.3, -0.25) is 0 Å². The molecule has 0 radical (unpaired) electrons. The monoisotopic (exact) mass is 721 g/mol. The Morgan fingerprint density at radius 2 is 0.732 bits per heavy atom. The molecule has 9 aromatic rings. The molecule has 0 unspecified atom stereocenters. The quantitative estimate of drug-likeness (QED) is 0.151. The van der Waals surface area contributed by atoms with Gasteiger partial charge in [-0.2, -0.15) is 0 Å². The lowest BCUT2D eigenvalue weighted by molar-refractivity contribution is 0.769. The molecule has 0 amide bonds. The van der Waals surface area contributed by atoms with Gasteiger partial charge < -0.3 is 4.90 Å². The summed E-state index contributed by atoms with van der Waals surface area (Å²) in [6.07, 6.45) is 0. The van der Waals surface area contributed by atoms with Crippen molar-refractivity contribution in [3.63, 3.8) is 0 Å². The van der Waals surface area contributed by atoms with Crippen LogP contribution in [0.3, 0.4) is 0 Å². The van der Waals surface area contributed by atoms with E-state index in [2.05, 4.69) is 36.4 Å². The average molecular weight is 722 g/mol. The van der Waals surface area contributed by atoms with Gasteiger partial charge in [0.05, 0.1) is 22.1 Å². The van der Waals surface area contributed by atoms with Crippen molar-refractivity contribution in [1.82, 2.24) is 0 Å². The van der Waals surface area contributed by atoms with Gasteiger partial charge in [-0.15, -0.1) is 0 Å². The maximum absolute atomic E-state index is 9.84. The zero-order chi connectivity index (χ0) is 44.3. The topological polar surface area (TPSA) is 3.24 Å². The Balaban J connectivity index is 1.41. The van der Waals surface area contributed by atoms with Crippen molar-refractivity contribution in [3.8, 4) is 44.5 Å². The van der Waals surface area contributed by atoms with Gasteiger partial charge >= 0.3 is 0 Å². The summed E-state index contributed by atoms with van der Waals surface area (Å²) in [7, 11) is 0. The molecule has 0 saturated carbocycles. The van der Waals surface area contributed by atoms with Gasteiger partial charge in [-0.05, 0) is 97.5 Å². The number of benzene rings is 9. The van der Waals surface area contributed by atoms with E-state index in [1.54, 1.807) is 48.5 Å². The molecule has 10 rings (SSSR count). The van der Waals surface area contributed by atoms with Crippen molar-refractivity contribution in [1.29, 1.82) is 0 Å². The molecule has 1 aliphatic carbocycles. The molecule has 0 fully saturated rings. The Hall–Kier alpha value is -7.22. The number of nitrogens with zero attached hydrogens (tertiary/aromatic N) is 1. The van der Waals surface area contributed by atoms with Crippen LogP contribution in [0.15, 0.2) is 236 Å². The van der Waals surface area contributed by atoms with Gasteiger partial charge in [-0.1, -0.05) is 200 Å². The second kappa shape index (κ2) is 14.2. The number of fused-ring (bicyclic) bond motifs is 3. The molecule has 1 heteroatoms. The summed E-state index contributed by atoms with van der Waals surface area (Å²) in [5.74, 6) is 0. The Labute approximate surface area is 340 Å². The summed E-state index contributed by atoms with van der Waals surface area (Å²) >= 11 is 0. The highest BCUT2D eigenvalue weighted by molar-refractivity contribution is 5.99. The molecule has 0 aromatic heterocycles. The van der Waals surface area contributed by atoms with E-state index in [0.29, 0.717) is 22.4 Å². The fourth-order valence-corrected chi connectivity index (χ4v) is 8.20. The van der Waals surface area contributed by atoms with Crippen molar-refractivity contribution in [2.24, 2.45) is 0 Å². The van der Waals surface area contributed by atoms with E-state index in [-0.39, 0.29) is 46.7 Å². The minimum atomic E-state index is -0.919. The Kier molecular flexibility index (Phi) is 6.53. The van der Waals surface area contributed by atoms with E-state index in [9.17, 15) is 11.0 Å². The lowest BCUT2D eigenvalue weighted by Gasteiger charge is -2.35. The molecule has 0 spiro atoms. The fraction of sp³-hybridized carbons (Fsp3) is 0.0182. The molecule has 0 saturated heterocycles. The van der Waals surface area contributed by atoms with E-state index in [1.165, 1.54) is 4.90 Å².